The SMILES string of the molecule is O=C(O)CCC(CCC(=O)O)(CCC(=O)O)NC(=O)C12CC3CC(C1)CC(C(=O)NC(CCC(=O)O)(CCC(=O)O)CCC(=O)O)(C3)C2(C(=O)NC(CCC(=O)O)(CCC(=O)O)CCC(=O)O)C(=O)NC(CCC(=O)O)(CCC(=O)O)CCC(=O)O. The third-order valence-electron chi connectivity index (χ3n) is 17.5. The van der Waals surface area contributed by atoms with Crippen LogP contribution in [0, 0.1) is 28.1 Å². The van der Waals surface area contributed by atoms with E-state index in [1.54, 1.807) is 0 Å². The number of hydrogen-bond acceptors (Lipinski definition) is 16. The highest BCUT2D eigenvalue weighted by Gasteiger charge is 2.83. The lowest BCUT2D eigenvalue weighted by Crippen LogP contribution is -2.82. The van der Waals surface area contributed by atoms with Crippen molar-refractivity contribution in [2.45, 2.75) is 208 Å². The number of carboxylic acids is 12. The van der Waals surface area contributed by atoms with Crippen LogP contribution in [0.15, 0.2) is 0 Å². The van der Waals surface area contributed by atoms with Gasteiger partial charge in [0.25, 0.3) is 0 Å². The highest BCUT2D eigenvalue weighted by atomic mass is 16.4. The van der Waals surface area contributed by atoms with E-state index in [9.17, 15) is 119 Å². The molecule has 4 amide bonds. The lowest BCUT2D eigenvalue weighted by Gasteiger charge is -2.69. The number of aliphatic carboxylic acids is 12. The van der Waals surface area contributed by atoms with Crippen LogP contribution in [0.2, 0.25) is 0 Å². The summed E-state index contributed by atoms with van der Waals surface area (Å²) in [5, 5.41) is 131. The largest absolute Gasteiger partial charge is 0.481 e. The van der Waals surface area contributed by atoms with Gasteiger partial charge < -0.3 is 82.5 Å². The normalized spacial score (nSPS) is 19.4. The molecule has 4 rings (SSSR count). The standard InChI is InChI=1S/C54H76N4O28/c59-32(60)1-13-48(14-2-33(61)62,15-3-34(63)64)55-44(83)52-26-30-25-31(27-52)29-53(28-30,45(84)56-49(16-4-35(65)66,17-5-36(67)68)18-6-37(69)70)54(52,46(85)57-50(19-7-38(71)72,20-8-39(73)74)21-9-40(75)76)47(86)58-51(22-10-41(77)78,23-11-42(79)80)24-12-43(81)82/h30-31H,1-29H2,(H,55,83)(H,56,84)(H,57,85)(H,58,86)(H,59,60)(H,61,62)(H,63,64)(H,65,66)(H,67,68)(H,69,70)(H,71,72)(H,73,74)(H,75,76)(H,77,78)(H,79,80)(H,81,82). The van der Waals surface area contributed by atoms with Crippen LogP contribution >= 0.6 is 0 Å². The van der Waals surface area contributed by atoms with Crippen LogP contribution in [0.4, 0.5) is 0 Å². The summed E-state index contributed by atoms with van der Waals surface area (Å²) in [5.74, 6) is -27.8. The smallest absolute Gasteiger partial charge is 0.303 e. The maximum absolute atomic E-state index is 17.0. The number of carbonyl (C=O) groups excluding carboxylic acids is 4. The van der Waals surface area contributed by atoms with Crippen molar-refractivity contribution in [3.05, 3.63) is 0 Å². The molecule has 0 spiro atoms. The van der Waals surface area contributed by atoms with Gasteiger partial charge in [-0.05, 0) is 121 Å². The Bertz CT molecular complexity index is 2290. The zero-order chi connectivity index (χ0) is 65.2. The van der Waals surface area contributed by atoms with Crippen molar-refractivity contribution in [1.29, 1.82) is 0 Å². The van der Waals surface area contributed by atoms with Crippen LogP contribution in [0.5, 0.6) is 0 Å². The van der Waals surface area contributed by atoms with Crippen LogP contribution in [0.25, 0.3) is 0 Å². The highest BCUT2D eigenvalue weighted by molar-refractivity contribution is 6.16. The molecule has 4 aliphatic rings. The molecule has 32 heteroatoms. The minimum absolute atomic E-state index is 0.0628. The van der Waals surface area contributed by atoms with Crippen LogP contribution in [0.3, 0.4) is 0 Å². The van der Waals surface area contributed by atoms with Gasteiger partial charge in [-0.1, -0.05) is 0 Å². The summed E-state index contributed by atoms with van der Waals surface area (Å²) in [6, 6.07) is 0. The Labute approximate surface area is 489 Å². The number of carboxylic acid groups (broad SMARTS) is 12. The molecule has 0 radical (unpaired) electrons. The predicted octanol–water partition coefficient (Wildman–Crippen LogP) is 1.97. The first-order chi connectivity index (χ1) is 39.9. The first kappa shape index (κ1) is 71.8. The fraction of sp³-hybridized carbons (Fsp3) is 0.704. The average molecular weight is 1230 g/mol. The van der Waals surface area contributed by atoms with Crippen molar-refractivity contribution in [3.8, 4) is 0 Å². The van der Waals surface area contributed by atoms with E-state index in [1.807, 2.05) is 0 Å². The van der Waals surface area contributed by atoms with Crippen LogP contribution < -0.4 is 21.3 Å². The van der Waals surface area contributed by atoms with E-state index in [1.165, 1.54) is 0 Å². The molecule has 480 valence electrons. The molecule has 4 saturated carbocycles. The summed E-state index contributed by atoms with van der Waals surface area (Å²) in [5.41, 5.74) is -18.8. The average Bonchev–Trinajstić information content (AvgIpc) is 1.29. The lowest BCUT2D eigenvalue weighted by molar-refractivity contribution is -0.227. The quantitative estimate of drug-likeness (QED) is 0.0388. The molecule has 32 nitrogen and oxygen atoms in total. The molecular formula is C54H76N4O28. The zero-order valence-corrected chi connectivity index (χ0v) is 47.1. The lowest BCUT2D eigenvalue weighted by atomic mass is 9.32. The minimum atomic E-state index is -3.64. The van der Waals surface area contributed by atoms with E-state index in [-0.39, 0.29) is 6.42 Å². The van der Waals surface area contributed by atoms with Crippen LogP contribution in [0.1, 0.15) is 186 Å². The molecule has 0 heterocycles. The molecule has 0 aromatic rings. The van der Waals surface area contributed by atoms with Gasteiger partial charge in [-0.2, -0.15) is 0 Å². The van der Waals surface area contributed by atoms with Gasteiger partial charge in [0, 0.05) is 99.2 Å². The number of rotatable bonds is 44. The molecule has 0 saturated heterocycles. The third-order valence-corrected chi connectivity index (χ3v) is 17.5. The molecule has 0 aliphatic heterocycles. The fourth-order valence-electron chi connectivity index (χ4n) is 13.6. The fourth-order valence-corrected chi connectivity index (χ4v) is 13.6. The molecule has 4 bridgehead atoms. The minimum Gasteiger partial charge on any atom is -0.481 e. The summed E-state index contributed by atoms with van der Waals surface area (Å²) < 4.78 is 0. The third kappa shape index (κ3) is 18.8. The predicted molar refractivity (Wildman–Crippen MR) is 283 cm³/mol. The summed E-state index contributed by atoms with van der Waals surface area (Å²) in [4.78, 5) is 216. The second-order valence-corrected chi connectivity index (χ2v) is 23.4. The number of nitrogens with one attached hydrogen (secondary N) is 4. The van der Waals surface area contributed by atoms with Crippen LogP contribution in [-0.4, -0.2) is 179 Å². The molecule has 4 aliphatic carbocycles. The van der Waals surface area contributed by atoms with E-state index < -0.39 is 325 Å². The summed E-state index contributed by atoms with van der Waals surface area (Å²) in [6.45, 7) is 0. The Kier molecular flexibility index (Phi) is 25.1. The molecule has 16 N–H and O–H groups in total. The highest BCUT2D eigenvalue weighted by Crippen LogP contribution is 2.75. The second-order valence-electron chi connectivity index (χ2n) is 23.4. The molecule has 0 aromatic carbocycles. The van der Waals surface area contributed by atoms with Gasteiger partial charge in [0.15, 0.2) is 5.41 Å². The Morgan fingerprint density at radius 1 is 0.256 bits per heavy atom. The molecular weight excluding hydrogens is 1150 g/mol. The van der Waals surface area contributed by atoms with Crippen molar-refractivity contribution in [3.63, 3.8) is 0 Å². The number of amides is 4. The molecule has 0 atom stereocenters. The van der Waals surface area contributed by atoms with E-state index in [0.717, 1.165) is 0 Å². The monoisotopic (exact) mass is 1230 g/mol. The van der Waals surface area contributed by atoms with E-state index in [4.69, 9.17) is 0 Å². The van der Waals surface area contributed by atoms with E-state index in [2.05, 4.69) is 21.3 Å². The Morgan fingerprint density at radius 3 is 0.535 bits per heavy atom. The Hall–Kier alpha value is -8.48. The van der Waals surface area contributed by atoms with Gasteiger partial charge in [0.2, 0.25) is 23.6 Å². The Balaban J connectivity index is 2.91. The first-order valence-corrected chi connectivity index (χ1v) is 27.8. The van der Waals surface area contributed by atoms with Crippen molar-refractivity contribution in [2.24, 2.45) is 28.1 Å². The maximum Gasteiger partial charge on any atom is 0.303 e. The van der Waals surface area contributed by atoms with E-state index >= 15 is 19.2 Å². The molecule has 0 aromatic heterocycles. The van der Waals surface area contributed by atoms with Gasteiger partial charge in [0.1, 0.15) is 0 Å². The summed E-state index contributed by atoms with van der Waals surface area (Å²) >= 11 is 0. The van der Waals surface area contributed by atoms with Crippen molar-refractivity contribution >= 4 is 95.3 Å². The topological polar surface area (TPSA) is 564 Å². The summed E-state index contributed by atoms with van der Waals surface area (Å²) in [6.07, 6.45) is -24.1. The summed E-state index contributed by atoms with van der Waals surface area (Å²) in [7, 11) is 0. The van der Waals surface area contributed by atoms with Gasteiger partial charge in [-0.15, -0.1) is 0 Å². The molecule has 0 unspecified atom stereocenters. The van der Waals surface area contributed by atoms with Gasteiger partial charge in [-0.3, -0.25) is 76.7 Å². The van der Waals surface area contributed by atoms with Crippen LogP contribution in [-0.2, 0) is 76.7 Å². The first-order valence-electron chi connectivity index (χ1n) is 27.8. The maximum atomic E-state index is 17.0. The van der Waals surface area contributed by atoms with E-state index in [0.29, 0.717) is 0 Å². The van der Waals surface area contributed by atoms with Gasteiger partial charge >= 0.3 is 71.6 Å². The van der Waals surface area contributed by atoms with Crippen molar-refractivity contribution in [1.82, 2.24) is 21.3 Å². The van der Waals surface area contributed by atoms with Gasteiger partial charge in [0.05, 0.1) is 10.8 Å². The number of hydrogen-bond donors (Lipinski definition) is 16. The zero-order valence-electron chi connectivity index (χ0n) is 47.1. The molecule has 86 heavy (non-hydrogen) atoms. The second kappa shape index (κ2) is 30.0. The van der Waals surface area contributed by atoms with Crippen molar-refractivity contribution < 1.29 is 138 Å². The molecule has 4 fully saturated rings. The number of carbonyl (C=O) groups is 16. The Morgan fingerprint density at radius 2 is 0.395 bits per heavy atom. The van der Waals surface area contributed by atoms with Gasteiger partial charge in [-0.25, -0.2) is 0 Å². The van der Waals surface area contributed by atoms with Crippen molar-refractivity contribution in [2.75, 3.05) is 0 Å².